The number of hydrogen-bond acceptors (Lipinski definition) is 3. The number of benzene rings is 1. The highest BCUT2D eigenvalue weighted by Crippen LogP contribution is 2.14. The van der Waals surface area contributed by atoms with Crippen LogP contribution in [-0.4, -0.2) is 23.2 Å². The Kier molecular flexibility index (Phi) is 6.29. The molecular formula is C13H20FNO2S. The molecule has 0 amide bonds. The predicted octanol–water partition coefficient (Wildman–Crippen LogP) is 2.58. The van der Waals surface area contributed by atoms with Crippen LogP contribution in [0.4, 0.5) is 10.1 Å². The van der Waals surface area contributed by atoms with Crippen LogP contribution in [-0.2, 0) is 15.5 Å². The normalized spacial score (nSPS) is 12.9. The molecule has 2 N–H and O–H groups in total. The van der Waals surface area contributed by atoms with Crippen molar-refractivity contribution in [2.24, 2.45) is 5.92 Å². The lowest BCUT2D eigenvalue weighted by Gasteiger charge is -2.07. The maximum absolute atomic E-state index is 13.1. The fourth-order valence-electron chi connectivity index (χ4n) is 1.39. The van der Waals surface area contributed by atoms with Crippen LogP contribution in [0.2, 0.25) is 0 Å². The van der Waals surface area contributed by atoms with E-state index in [2.05, 4.69) is 13.8 Å². The minimum atomic E-state index is -1.26. The van der Waals surface area contributed by atoms with Crippen molar-refractivity contribution in [1.29, 1.82) is 0 Å². The summed E-state index contributed by atoms with van der Waals surface area (Å²) in [6.45, 7) is 5.32. The fraction of sp³-hybridized carbons (Fsp3) is 0.538. The highest BCUT2D eigenvalue weighted by atomic mass is 32.2. The van der Waals surface area contributed by atoms with Crippen molar-refractivity contribution < 1.29 is 13.3 Å². The van der Waals surface area contributed by atoms with Crippen LogP contribution in [0.25, 0.3) is 0 Å². The van der Waals surface area contributed by atoms with Crippen LogP contribution in [0.3, 0.4) is 0 Å². The molecule has 0 aliphatic heterocycles. The predicted molar refractivity (Wildman–Crippen MR) is 72.4 cm³/mol. The zero-order valence-corrected chi connectivity index (χ0v) is 11.6. The molecule has 0 spiro atoms. The first-order valence-electron chi connectivity index (χ1n) is 6.01. The summed E-state index contributed by atoms with van der Waals surface area (Å²) in [5, 5.41) is 0. The lowest BCUT2D eigenvalue weighted by molar-refractivity contribution is 0.138. The third kappa shape index (κ3) is 5.60. The molecule has 0 aliphatic carbocycles. The SMILES string of the molecule is CC(C)CCOCCS(=O)c1cc(N)cc(F)c1. The molecule has 0 aliphatic rings. The van der Waals surface area contributed by atoms with Gasteiger partial charge in [-0.25, -0.2) is 4.39 Å². The topological polar surface area (TPSA) is 52.3 Å². The van der Waals surface area contributed by atoms with E-state index in [1.54, 1.807) is 0 Å². The van der Waals surface area contributed by atoms with Gasteiger partial charge in [-0.3, -0.25) is 4.21 Å². The van der Waals surface area contributed by atoms with Gasteiger partial charge in [0, 0.05) is 17.2 Å². The van der Waals surface area contributed by atoms with E-state index >= 15 is 0 Å². The van der Waals surface area contributed by atoms with Gasteiger partial charge < -0.3 is 10.5 Å². The summed E-state index contributed by atoms with van der Waals surface area (Å²) in [7, 11) is -1.26. The summed E-state index contributed by atoms with van der Waals surface area (Å²) in [4.78, 5) is 0.417. The Morgan fingerprint density at radius 1 is 1.33 bits per heavy atom. The molecule has 0 saturated carbocycles. The first kappa shape index (κ1) is 15.1. The molecule has 1 aromatic carbocycles. The van der Waals surface area contributed by atoms with E-state index in [9.17, 15) is 8.60 Å². The maximum atomic E-state index is 13.1. The average Bonchev–Trinajstić information content (AvgIpc) is 2.26. The second-order valence-electron chi connectivity index (χ2n) is 4.56. The summed E-state index contributed by atoms with van der Waals surface area (Å²) in [6.07, 6.45) is 0.986. The van der Waals surface area contributed by atoms with E-state index in [-0.39, 0.29) is 0 Å². The molecule has 0 aromatic heterocycles. The van der Waals surface area contributed by atoms with Crippen LogP contribution in [0.1, 0.15) is 20.3 Å². The van der Waals surface area contributed by atoms with Crippen molar-refractivity contribution >= 4 is 16.5 Å². The monoisotopic (exact) mass is 273 g/mol. The van der Waals surface area contributed by atoms with E-state index in [1.807, 2.05) is 0 Å². The lowest BCUT2D eigenvalue weighted by atomic mass is 10.1. The third-order valence-electron chi connectivity index (χ3n) is 2.41. The third-order valence-corrected chi connectivity index (χ3v) is 3.71. The molecule has 18 heavy (non-hydrogen) atoms. The molecule has 0 fully saturated rings. The number of rotatable bonds is 7. The minimum Gasteiger partial charge on any atom is -0.399 e. The number of halogens is 1. The highest BCUT2D eigenvalue weighted by molar-refractivity contribution is 7.85. The molecule has 1 atom stereocenters. The Bertz CT molecular complexity index is 390. The summed E-state index contributed by atoms with van der Waals surface area (Å²) >= 11 is 0. The second kappa shape index (κ2) is 7.48. The lowest BCUT2D eigenvalue weighted by Crippen LogP contribution is -2.09. The van der Waals surface area contributed by atoms with E-state index in [4.69, 9.17) is 10.5 Å². The molecule has 1 unspecified atom stereocenters. The molecule has 0 radical (unpaired) electrons. The van der Waals surface area contributed by atoms with Crippen molar-refractivity contribution in [3.63, 3.8) is 0 Å². The van der Waals surface area contributed by atoms with Gasteiger partial charge >= 0.3 is 0 Å². The molecule has 0 bridgehead atoms. The van der Waals surface area contributed by atoms with Crippen LogP contribution in [0.5, 0.6) is 0 Å². The van der Waals surface area contributed by atoms with Crippen molar-refractivity contribution in [3.05, 3.63) is 24.0 Å². The van der Waals surface area contributed by atoms with E-state index < -0.39 is 16.6 Å². The number of nitrogen functional groups attached to an aromatic ring is 1. The molecular weight excluding hydrogens is 253 g/mol. The Labute approximate surface area is 110 Å². The first-order valence-corrected chi connectivity index (χ1v) is 7.33. The molecule has 1 rings (SSSR count). The largest absolute Gasteiger partial charge is 0.399 e. The Hall–Kier alpha value is -0.940. The van der Waals surface area contributed by atoms with Crippen molar-refractivity contribution in [3.8, 4) is 0 Å². The highest BCUT2D eigenvalue weighted by Gasteiger charge is 2.06. The number of nitrogens with two attached hydrogens (primary N) is 1. The molecule has 1 aromatic rings. The minimum absolute atomic E-state index is 0.291. The van der Waals surface area contributed by atoms with Crippen LogP contribution >= 0.6 is 0 Å². The van der Waals surface area contributed by atoms with Gasteiger partial charge in [-0.1, -0.05) is 13.8 Å². The van der Waals surface area contributed by atoms with Gasteiger partial charge in [0.25, 0.3) is 0 Å². The quantitative estimate of drug-likeness (QED) is 0.613. The van der Waals surface area contributed by atoms with Gasteiger partial charge in [0.15, 0.2) is 0 Å². The maximum Gasteiger partial charge on any atom is 0.126 e. The molecule has 3 nitrogen and oxygen atoms in total. The first-order chi connectivity index (χ1) is 8.49. The zero-order chi connectivity index (χ0) is 13.5. The second-order valence-corrected chi connectivity index (χ2v) is 6.14. The van der Waals surface area contributed by atoms with Gasteiger partial charge in [0.1, 0.15) is 5.82 Å². The molecule has 5 heteroatoms. The van der Waals surface area contributed by atoms with Crippen molar-refractivity contribution in [1.82, 2.24) is 0 Å². The average molecular weight is 273 g/mol. The van der Waals surface area contributed by atoms with Gasteiger partial charge in [0.2, 0.25) is 0 Å². The molecule has 0 saturated heterocycles. The van der Waals surface area contributed by atoms with Crippen LogP contribution in [0.15, 0.2) is 23.1 Å². The fourth-order valence-corrected chi connectivity index (χ4v) is 2.41. The smallest absolute Gasteiger partial charge is 0.126 e. The van der Waals surface area contributed by atoms with Gasteiger partial charge in [-0.05, 0) is 30.5 Å². The van der Waals surface area contributed by atoms with Gasteiger partial charge in [-0.15, -0.1) is 0 Å². The van der Waals surface area contributed by atoms with Crippen molar-refractivity contribution in [2.75, 3.05) is 24.7 Å². The summed E-state index contributed by atoms with van der Waals surface area (Å²) in [6, 6.07) is 3.99. The molecule has 102 valence electrons. The standard InChI is InChI=1S/C13H20FNO2S/c1-10(2)3-4-17-5-6-18(16)13-8-11(14)7-12(15)9-13/h7-10H,3-6,15H2,1-2H3. The summed E-state index contributed by atoms with van der Waals surface area (Å²) in [5.41, 5.74) is 5.79. The Morgan fingerprint density at radius 2 is 2.06 bits per heavy atom. The number of hydrogen-bond donors (Lipinski definition) is 1. The number of anilines is 1. The van der Waals surface area contributed by atoms with Gasteiger partial charge in [0.05, 0.1) is 23.2 Å². The van der Waals surface area contributed by atoms with Gasteiger partial charge in [-0.2, -0.15) is 0 Å². The zero-order valence-electron chi connectivity index (χ0n) is 10.8. The van der Waals surface area contributed by atoms with Crippen LogP contribution in [0, 0.1) is 11.7 Å². The van der Waals surface area contributed by atoms with E-state index in [0.717, 1.165) is 6.42 Å². The summed E-state index contributed by atoms with van der Waals surface area (Å²) < 4.78 is 30.3. The van der Waals surface area contributed by atoms with E-state index in [1.165, 1.54) is 18.2 Å². The Morgan fingerprint density at radius 3 is 2.67 bits per heavy atom. The van der Waals surface area contributed by atoms with Crippen molar-refractivity contribution in [2.45, 2.75) is 25.2 Å². The summed E-state index contributed by atoms with van der Waals surface area (Å²) in [5.74, 6) is 0.499. The van der Waals surface area contributed by atoms with E-state index in [0.29, 0.717) is 35.5 Å². The number of ether oxygens (including phenoxy) is 1. The van der Waals surface area contributed by atoms with Crippen LogP contribution < -0.4 is 5.73 Å². The molecule has 0 heterocycles. The Balaban J connectivity index is 2.36.